The summed E-state index contributed by atoms with van der Waals surface area (Å²) >= 11 is 0. The van der Waals surface area contributed by atoms with Crippen molar-refractivity contribution < 1.29 is 19.4 Å². The number of nitrogens with one attached hydrogen (secondary N) is 1. The van der Waals surface area contributed by atoms with Crippen molar-refractivity contribution in [2.45, 2.75) is 32.7 Å². The van der Waals surface area contributed by atoms with Gasteiger partial charge >= 0.3 is 5.97 Å². The summed E-state index contributed by atoms with van der Waals surface area (Å²) in [6.07, 6.45) is 0.898. The minimum atomic E-state index is -1.05. The first-order valence-electron chi connectivity index (χ1n) is 6.14. The number of hydrogen-bond donors (Lipinski definition) is 3. The van der Waals surface area contributed by atoms with Crippen LogP contribution in [0.1, 0.15) is 26.7 Å². The summed E-state index contributed by atoms with van der Waals surface area (Å²) in [6, 6.07) is -0.918. The molecule has 106 valence electrons. The molecular formula is C12H24N2O4. The lowest BCUT2D eigenvalue weighted by Gasteiger charge is -2.20. The summed E-state index contributed by atoms with van der Waals surface area (Å²) in [7, 11) is 1.49. The van der Waals surface area contributed by atoms with E-state index in [1.807, 2.05) is 13.8 Å². The number of amides is 1. The van der Waals surface area contributed by atoms with Crippen LogP contribution in [0.15, 0.2) is 0 Å². The Balaban J connectivity index is 4.41. The molecule has 0 spiro atoms. The van der Waals surface area contributed by atoms with Gasteiger partial charge in [-0.15, -0.1) is 0 Å². The van der Waals surface area contributed by atoms with Gasteiger partial charge in [0.25, 0.3) is 0 Å². The number of carbonyl (C=O) groups is 2. The molecule has 0 aromatic carbocycles. The highest BCUT2D eigenvalue weighted by Gasteiger charge is 2.24. The van der Waals surface area contributed by atoms with E-state index < -0.39 is 12.0 Å². The second-order valence-electron chi connectivity index (χ2n) is 4.74. The van der Waals surface area contributed by atoms with E-state index in [9.17, 15) is 9.59 Å². The molecule has 6 heteroatoms. The molecule has 6 nitrogen and oxygen atoms in total. The minimum absolute atomic E-state index is 0.223. The van der Waals surface area contributed by atoms with E-state index in [1.54, 1.807) is 0 Å². The highest BCUT2D eigenvalue weighted by atomic mass is 16.5. The molecule has 0 aliphatic heterocycles. The zero-order valence-corrected chi connectivity index (χ0v) is 11.3. The van der Waals surface area contributed by atoms with Crippen LogP contribution in [0.25, 0.3) is 0 Å². The van der Waals surface area contributed by atoms with E-state index >= 15 is 0 Å². The molecule has 2 atom stereocenters. The summed E-state index contributed by atoms with van der Waals surface area (Å²) in [5, 5.41) is 11.5. The third-order valence-corrected chi connectivity index (χ3v) is 2.64. The molecule has 0 aromatic heterocycles. The van der Waals surface area contributed by atoms with Crippen LogP contribution in [0.2, 0.25) is 0 Å². The highest BCUT2D eigenvalue weighted by molar-refractivity contribution is 5.85. The molecule has 0 fully saturated rings. The zero-order chi connectivity index (χ0) is 14.1. The lowest BCUT2D eigenvalue weighted by Crippen LogP contribution is -2.46. The standard InChI is InChI=1S/C12H24N2O4/c1-8(2)6-9(7-13)11(15)14-10(12(16)17)4-5-18-3/h8-10H,4-7,13H2,1-3H3,(H,14,15)(H,16,17). The second kappa shape index (κ2) is 8.88. The predicted octanol–water partition coefficient (Wildman–Crippen LogP) is 0.213. The van der Waals surface area contributed by atoms with Crippen LogP contribution in [0.5, 0.6) is 0 Å². The summed E-state index contributed by atoms with van der Waals surface area (Å²) < 4.78 is 4.82. The Hall–Kier alpha value is -1.14. The van der Waals surface area contributed by atoms with E-state index in [4.69, 9.17) is 15.6 Å². The van der Waals surface area contributed by atoms with E-state index in [0.29, 0.717) is 12.3 Å². The Morgan fingerprint density at radius 1 is 1.39 bits per heavy atom. The fourth-order valence-corrected chi connectivity index (χ4v) is 1.66. The first kappa shape index (κ1) is 16.9. The van der Waals surface area contributed by atoms with Gasteiger partial charge in [-0.05, 0) is 12.3 Å². The first-order valence-corrected chi connectivity index (χ1v) is 6.14. The van der Waals surface area contributed by atoms with Gasteiger partial charge in [-0.1, -0.05) is 13.8 Å². The van der Waals surface area contributed by atoms with Crippen LogP contribution in [0.3, 0.4) is 0 Å². The smallest absolute Gasteiger partial charge is 0.326 e. The van der Waals surface area contributed by atoms with Gasteiger partial charge in [-0.3, -0.25) is 4.79 Å². The average Bonchev–Trinajstić information content (AvgIpc) is 2.30. The molecule has 0 saturated carbocycles. The number of rotatable bonds is 9. The fourth-order valence-electron chi connectivity index (χ4n) is 1.66. The molecule has 0 aliphatic carbocycles. The van der Waals surface area contributed by atoms with Gasteiger partial charge in [-0.2, -0.15) is 0 Å². The maximum Gasteiger partial charge on any atom is 0.326 e. The molecule has 0 heterocycles. The molecular weight excluding hydrogens is 236 g/mol. The number of carboxylic acid groups (broad SMARTS) is 1. The Bertz CT molecular complexity index is 269. The lowest BCUT2D eigenvalue weighted by molar-refractivity contribution is -0.143. The molecule has 0 aromatic rings. The second-order valence-corrected chi connectivity index (χ2v) is 4.74. The van der Waals surface area contributed by atoms with Gasteiger partial charge in [0.1, 0.15) is 6.04 Å². The monoisotopic (exact) mass is 260 g/mol. The number of hydrogen-bond acceptors (Lipinski definition) is 4. The molecule has 0 radical (unpaired) electrons. The predicted molar refractivity (Wildman–Crippen MR) is 68.1 cm³/mol. The van der Waals surface area contributed by atoms with Gasteiger partial charge in [0.05, 0.1) is 5.92 Å². The maximum absolute atomic E-state index is 11.9. The molecule has 0 aliphatic rings. The van der Waals surface area contributed by atoms with Crippen LogP contribution >= 0.6 is 0 Å². The number of ether oxygens (including phenoxy) is 1. The normalized spacial score (nSPS) is 14.3. The van der Waals surface area contributed by atoms with E-state index in [2.05, 4.69) is 5.32 Å². The van der Waals surface area contributed by atoms with Gasteiger partial charge in [0.2, 0.25) is 5.91 Å². The van der Waals surface area contributed by atoms with Crippen LogP contribution < -0.4 is 11.1 Å². The van der Waals surface area contributed by atoms with Crippen molar-refractivity contribution >= 4 is 11.9 Å². The number of methoxy groups -OCH3 is 1. The van der Waals surface area contributed by atoms with Crippen molar-refractivity contribution in [1.82, 2.24) is 5.32 Å². The number of carbonyl (C=O) groups excluding carboxylic acids is 1. The van der Waals surface area contributed by atoms with Crippen LogP contribution in [-0.2, 0) is 14.3 Å². The van der Waals surface area contributed by atoms with E-state index in [0.717, 1.165) is 0 Å². The summed E-state index contributed by atoms with van der Waals surface area (Å²) in [5.41, 5.74) is 5.54. The topological polar surface area (TPSA) is 102 Å². The van der Waals surface area contributed by atoms with Gasteiger partial charge in [0, 0.05) is 26.7 Å². The third kappa shape index (κ3) is 6.56. The quantitative estimate of drug-likeness (QED) is 0.550. The number of carboxylic acids is 1. The molecule has 2 unspecified atom stereocenters. The lowest BCUT2D eigenvalue weighted by atomic mass is 9.96. The number of nitrogens with two attached hydrogens (primary N) is 1. The third-order valence-electron chi connectivity index (χ3n) is 2.64. The Morgan fingerprint density at radius 3 is 2.39 bits per heavy atom. The molecule has 0 bridgehead atoms. The summed E-state index contributed by atoms with van der Waals surface area (Å²) in [6.45, 7) is 4.50. The van der Waals surface area contributed by atoms with Crippen molar-refractivity contribution in [3.05, 3.63) is 0 Å². The van der Waals surface area contributed by atoms with Gasteiger partial charge in [-0.25, -0.2) is 4.79 Å². The minimum Gasteiger partial charge on any atom is -0.480 e. The molecule has 0 saturated heterocycles. The summed E-state index contributed by atoms with van der Waals surface area (Å²) in [4.78, 5) is 22.9. The molecule has 4 N–H and O–H groups in total. The van der Waals surface area contributed by atoms with Crippen molar-refractivity contribution in [1.29, 1.82) is 0 Å². The Labute approximate surface area is 108 Å². The van der Waals surface area contributed by atoms with Gasteiger partial charge in [0.15, 0.2) is 0 Å². The van der Waals surface area contributed by atoms with E-state index in [1.165, 1.54) is 7.11 Å². The van der Waals surface area contributed by atoms with E-state index in [-0.39, 0.29) is 31.4 Å². The molecule has 0 rings (SSSR count). The largest absolute Gasteiger partial charge is 0.480 e. The van der Waals surface area contributed by atoms with Crippen molar-refractivity contribution in [2.75, 3.05) is 20.3 Å². The average molecular weight is 260 g/mol. The zero-order valence-electron chi connectivity index (χ0n) is 11.3. The van der Waals surface area contributed by atoms with Crippen LogP contribution in [-0.4, -0.2) is 43.3 Å². The first-order chi connectivity index (χ1) is 8.42. The molecule has 1 amide bonds. The van der Waals surface area contributed by atoms with Crippen LogP contribution in [0, 0.1) is 11.8 Å². The number of aliphatic carboxylic acids is 1. The Kier molecular flexibility index (Phi) is 8.32. The Morgan fingerprint density at radius 2 is 2.00 bits per heavy atom. The van der Waals surface area contributed by atoms with Gasteiger partial charge < -0.3 is 20.9 Å². The van der Waals surface area contributed by atoms with Crippen molar-refractivity contribution in [3.63, 3.8) is 0 Å². The highest BCUT2D eigenvalue weighted by Crippen LogP contribution is 2.11. The van der Waals surface area contributed by atoms with Crippen molar-refractivity contribution in [3.8, 4) is 0 Å². The summed E-state index contributed by atoms with van der Waals surface area (Å²) in [5.74, 6) is -1.35. The maximum atomic E-state index is 11.9. The van der Waals surface area contributed by atoms with Crippen LogP contribution in [0.4, 0.5) is 0 Å². The van der Waals surface area contributed by atoms with Crippen molar-refractivity contribution in [2.24, 2.45) is 17.6 Å². The fraction of sp³-hybridized carbons (Fsp3) is 0.833. The SMILES string of the molecule is COCCC(NC(=O)C(CN)CC(C)C)C(=O)O. The molecule has 18 heavy (non-hydrogen) atoms.